The number of hydrogen-bond donors (Lipinski definition) is 1. The number of fused-ring (bicyclic) bond motifs is 1. The van der Waals surface area contributed by atoms with Crippen LogP contribution in [0.2, 0.25) is 0 Å². The van der Waals surface area contributed by atoms with Crippen LogP contribution >= 0.6 is 0 Å². The maximum atomic E-state index is 13.1. The predicted octanol–water partition coefficient (Wildman–Crippen LogP) is 3.44. The molecule has 2 aromatic heterocycles. The summed E-state index contributed by atoms with van der Waals surface area (Å²) in [6.45, 7) is -0.0328. The molecular weight excluding hydrogens is 358 g/mol. The van der Waals surface area contributed by atoms with Crippen molar-refractivity contribution < 1.29 is 14.3 Å². The predicted molar refractivity (Wildman–Crippen MR) is 106 cm³/mol. The molecule has 6 nitrogen and oxygen atoms in total. The molecule has 0 unspecified atom stereocenters. The summed E-state index contributed by atoms with van der Waals surface area (Å²) < 4.78 is 13.4. The molecule has 0 amide bonds. The second-order valence-corrected chi connectivity index (χ2v) is 6.37. The van der Waals surface area contributed by atoms with E-state index < -0.39 is 5.43 Å². The summed E-state index contributed by atoms with van der Waals surface area (Å²) in [4.78, 5) is 24.8. The van der Waals surface area contributed by atoms with Crippen LogP contribution in [0.4, 0.5) is 0 Å². The Balaban J connectivity index is 1.83. The van der Waals surface area contributed by atoms with Gasteiger partial charge in [-0.1, -0.05) is 42.5 Å². The minimum atomic E-state index is -0.509. The van der Waals surface area contributed by atoms with Crippen LogP contribution in [0, 0.1) is 0 Å². The van der Waals surface area contributed by atoms with Crippen LogP contribution in [0.5, 0.6) is 11.5 Å². The fourth-order valence-corrected chi connectivity index (χ4v) is 2.98. The molecule has 4 aromatic rings. The Morgan fingerprint density at radius 2 is 1.75 bits per heavy atom. The van der Waals surface area contributed by atoms with Crippen molar-refractivity contribution in [2.45, 2.75) is 6.61 Å². The van der Waals surface area contributed by atoms with Gasteiger partial charge in [0.25, 0.3) is 0 Å². The quantitative estimate of drug-likeness (QED) is 0.591. The number of aromatic nitrogens is 1. The lowest BCUT2D eigenvalue weighted by atomic mass is 10.1. The third kappa shape index (κ3) is 3.16. The van der Waals surface area contributed by atoms with E-state index in [-0.39, 0.29) is 23.5 Å². The molecule has 140 valence electrons. The molecule has 6 heteroatoms. The average molecular weight is 375 g/mol. The SMILES string of the molecule is Cn1cc(O)c(=O)cc1COc1c(-c2ccccc2)oc2ccccc2c1=O. The van der Waals surface area contributed by atoms with Crippen molar-refractivity contribution >= 4 is 11.0 Å². The Bertz CT molecular complexity index is 1270. The van der Waals surface area contributed by atoms with Crippen LogP contribution < -0.4 is 15.6 Å². The maximum Gasteiger partial charge on any atom is 0.235 e. The van der Waals surface area contributed by atoms with Gasteiger partial charge in [0, 0.05) is 24.9 Å². The minimum Gasteiger partial charge on any atom is -0.503 e. The highest BCUT2D eigenvalue weighted by atomic mass is 16.5. The number of ether oxygens (including phenoxy) is 1. The number of para-hydroxylation sites is 1. The highest BCUT2D eigenvalue weighted by Gasteiger charge is 2.18. The summed E-state index contributed by atoms with van der Waals surface area (Å²) in [6, 6.07) is 17.5. The topological polar surface area (TPSA) is 81.7 Å². The van der Waals surface area contributed by atoms with Gasteiger partial charge < -0.3 is 18.8 Å². The van der Waals surface area contributed by atoms with Gasteiger partial charge in [-0.05, 0) is 12.1 Å². The average Bonchev–Trinajstić information content (AvgIpc) is 2.71. The molecule has 2 heterocycles. The molecule has 0 radical (unpaired) electrons. The molecule has 2 aromatic carbocycles. The summed E-state index contributed by atoms with van der Waals surface area (Å²) in [6.07, 6.45) is 1.31. The van der Waals surface area contributed by atoms with Gasteiger partial charge in [-0.3, -0.25) is 9.59 Å². The summed E-state index contributed by atoms with van der Waals surface area (Å²) >= 11 is 0. The van der Waals surface area contributed by atoms with Gasteiger partial charge in [0.2, 0.25) is 16.6 Å². The number of aryl methyl sites for hydroxylation is 1. The molecule has 0 bridgehead atoms. The number of hydrogen-bond acceptors (Lipinski definition) is 5. The Hall–Kier alpha value is -3.80. The zero-order valence-electron chi connectivity index (χ0n) is 15.1. The second kappa shape index (κ2) is 7.08. The summed E-state index contributed by atoms with van der Waals surface area (Å²) in [5, 5.41) is 9.94. The van der Waals surface area contributed by atoms with Crippen LogP contribution in [0.1, 0.15) is 5.69 Å². The third-order valence-corrected chi connectivity index (χ3v) is 4.48. The van der Waals surface area contributed by atoms with E-state index in [2.05, 4.69) is 0 Å². The smallest absolute Gasteiger partial charge is 0.235 e. The normalized spacial score (nSPS) is 10.9. The third-order valence-electron chi connectivity index (χ3n) is 4.48. The number of aromatic hydroxyl groups is 1. The van der Waals surface area contributed by atoms with Gasteiger partial charge >= 0.3 is 0 Å². The first-order chi connectivity index (χ1) is 13.5. The van der Waals surface area contributed by atoms with Gasteiger partial charge in [-0.25, -0.2) is 0 Å². The largest absolute Gasteiger partial charge is 0.503 e. The molecule has 4 rings (SSSR count). The standard InChI is InChI=1S/C22H17NO5/c1-23-12-18(25)17(24)11-15(23)13-27-22-20(26)16-9-5-6-10-19(16)28-21(22)14-7-3-2-4-8-14/h2-12,25H,13H2,1H3. The molecule has 0 aliphatic rings. The molecule has 0 saturated heterocycles. The van der Waals surface area contributed by atoms with E-state index in [1.165, 1.54) is 12.3 Å². The molecular formula is C22H17NO5. The zero-order valence-corrected chi connectivity index (χ0v) is 15.1. The highest BCUT2D eigenvalue weighted by Crippen LogP contribution is 2.31. The first kappa shape index (κ1) is 17.6. The number of pyridine rings is 1. The molecule has 1 N–H and O–H groups in total. The van der Waals surface area contributed by atoms with Gasteiger partial charge in [-0.15, -0.1) is 0 Å². The molecule has 28 heavy (non-hydrogen) atoms. The van der Waals surface area contributed by atoms with Gasteiger partial charge in [0.1, 0.15) is 12.2 Å². The Labute approximate surface area is 159 Å². The van der Waals surface area contributed by atoms with Crippen LogP contribution in [0.25, 0.3) is 22.3 Å². The fraction of sp³-hybridized carbons (Fsp3) is 0.0909. The van der Waals surface area contributed by atoms with E-state index in [1.807, 2.05) is 30.3 Å². The Morgan fingerprint density at radius 1 is 1.04 bits per heavy atom. The van der Waals surface area contributed by atoms with E-state index in [4.69, 9.17) is 9.15 Å². The monoisotopic (exact) mass is 375 g/mol. The summed E-state index contributed by atoms with van der Waals surface area (Å²) in [5.74, 6) is 0.0555. The molecule has 0 atom stereocenters. The van der Waals surface area contributed by atoms with Gasteiger partial charge in [0.05, 0.1) is 11.1 Å². The number of nitrogens with zero attached hydrogens (tertiary/aromatic N) is 1. The maximum absolute atomic E-state index is 13.1. The van der Waals surface area contributed by atoms with Crippen molar-refractivity contribution in [3.8, 4) is 22.8 Å². The zero-order chi connectivity index (χ0) is 19.7. The van der Waals surface area contributed by atoms with E-state index in [0.717, 1.165) is 0 Å². The first-order valence-electron chi connectivity index (χ1n) is 8.67. The Morgan fingerprint density at radius 3 is 2.54 bits per heavy atom. The lowest BCUT2D eigenvalue weighted by Crippen LogP contribution is -2.15. The summed E-state index contributed by atoms with van der Waals surface area (Å²) in [7, 11) is 1.68. The van der Waals surface area contributed by atoms with E-state index >= 15 is 0 Å². The second-order valence-electron chi connectivity index (χ2n) is 6.37. The Kier molecular flexibility index (Phi) is 4.45. The number of rotatable bonds is 4. The van der Waals surface area contributed by atoms with Gasteiger partial charge in [0.15, 0.2) is 11.5 Å². The summed E-state index contributed by atoms with van der Waals surface area (Å²) in [5.41, 5.74) is 0.889. The van der Waals surface area contributed by atoms with Crippen LogP contribution in [0.3, 0.4) is 0 Å². The molecule has 0 spiro atoms. The van der Waals surface area contributed by atoms with E-state index in [1.54, 1.807) is 35.9 Å². The van der Waals surface area contributed by atoms with E-state index in [9.17, 15) is 14.7 Å². The van der Waals surface area contributed by atoms with Crippen molar-refractivity contribution in [3.63, 3.8) is 0 Å². The molecule has 0 aliphatic heterocycles. The number of benzene rings is 2. The van der Waals surface area contributed by atoms with Gasteiger partial charge in [-0.2, -0.15) is 0 Å². The van der Waals surface area contributed by atoms with Crippen molar-refractivity contribution in [2.24, 2.45) is 7.05 Å². The molecule has 0 aliphatic carbocycles. The van der Waals surface area contributed by atoms with Crippen molar-refractivity contribution in [3.05, 3.63) is 93.0 Å². The highest BCUT2D eigenvalue weighted by molar-refractivity contribution is 5.81. The van der Waals surface area contributed by atoms with Crippen LogP contribution in [0.15, 0.2) is 80.9 Å². The lowest BCUT2D eigenvalue weighted by Gasteiger charge is -2.13. The molecule has 0 fully saturated rings. The first-order valence-corrected chi connectivity index (χ1v) is 8.67. The van der Waals surface area contributed by atoms with Crippen molar-refractivity contribution in [1.82, 2.24) is 4.57 Å². The van der Waals surface area contributed by atoms with Crippen LogP contribution in [-0.2, 0) is 13.7 Å². The van der Waals surface area contributed by atoms with Crippen molar-refractivity contribution in [1.29, 1.82) is 0 Å². The van der Waals surface area contributed by atoms with Crippen LogP contribution in [-0.4, -0.2) is 9.67 Å². The van der Waals surface area contributed by atoms with Crippen molar-refractivity contribution in [2.75, 3.05) is 0 Å². The molecule has 0 saturated carbocycles. The lowest BCUT2D eigenvalue weighted by molar-refractivity contribution is 0.287. The minimum absolute atomic E-state index is 0.0328. The van der Waals surface area contributed by atoms with E-state index in [0.29, 0.717) is 28.0 Å². The fourth-order valence-electron chi connectivity index (χ4n) is 2.98.